The summed E-state index contributed by atoms with van der Waals surface area (Å²) in [5.74, 6) is 0. The highest BCUT2D eigenvalue weighted by molar-refractivity contribution is 7.78. The third kappa shape index (κ3) is 3.57. The quantitative estimate of drug-likeness (QED) is 0.558. The summed E-state index contributed by atoms with van der Waals surface area (Å²) in [5.41, 5.74) is 3.04. The van der Waals surface area contributed by atoms with Gasteiger partial charge in [0.1, 0.15) is 0 Å². The summed E-state index contributed by atoms with van der Waals surface area (Å²) in [6.45, 7) is 4.27. The molecule has 0 saturated carbocycles. The molecular weight excluding hydrogens is 272 g/mol. The normalized spacial score (nSPS) is 10.2. The molecule has 0 aliphatic carbocycles. The van der Waals surface area contributed by atoms with Gasteiger partial charge in [-0.25, -0.2) is 4.98 Å². The van der Waals surface area contributed by atoms with E-state index in [2.05, 4.69) is 47.3 Å². The van der Waals surface area contributed by atoms with Crippen LogP contribution in [0.4, 0.5) is 5.69 Å². The van der Waals surface area contributed by atoms with Gasteiger partial charge in [0, 0.05) is 10.4 Å². The molecular formula is C15H16N2S2. The van der Waals surface area contributed by atoms with Gasteiger partial charge in [-0.05, 0) is 44.1 Å². The number of aryl methyl sites for hydroxylation is 2. The molecule has 0 spiro atoms. The maximum atomic E-state index is 4.67. The molecule has 19 heavy (non-hydrogen) atoms. The third-order valence-electron chi connectivity index (χ3n) is 2.86. The smallest absolute Gasteiger partial charge is 0.0904 e. The van der Waals surface area contributed by atoms with E-state index in [1.807, 2.05) is 18.2 Å². The van der Waals surface area contributed by atoms with Gasteiger partial charge in [-0.15, -0.1) is 11.3 Å². The summed E-state index contributed by atoms with van der Waals surface area (Å²) in [7, 11) is 0. The minimum Gasteiger partial charge on any atom is -0.241 e. The maximum Gasteiger partial charge on any atom is 0.0904 e. The Kier molecular flexibility index (Phi) is 4.97. The monoisotopic (exact) mass is 288 g/mol. The highest BCUT2D eigenvalue weighted by Gasteiger charge is 2.11. The van der Waals surface area contributed by atoms with Crippen molar-refractivity contribution in [3.8, 4) is 11.3 Å². The van der Waals surface area contributed by atoms with E-state index < -0.39 is 0 Å². The lowest BCUT2D eigenvalue weighted by atomic mass is 10.1. The van der Waals surface area contributed by atoms with E-state index >= 15 is 0 Å². The van der Waals surface area contributed by atoms with Crippen LogP contribution in [-0.4, -0.2) is 10.1 Å². The molecule has 0 amide bonds. The third-order valence-corrected chi connectivity index (χ3v) is 3.98. The van der Waals surface area contributed by atoms with Crippen LogP contribution >= 0.6 is 23.6 Å². The van der Waals surface area contributed by atoms with Gasteiger partial charge in [-0.3, -0.25) is 0 Å². The zero-order valence-corrected chi connectivity index (χ0v) is 12.8. The summed E-state index contributed by atoms with van der Waals surface area (Å²) in [4.78, 5) is 10.1. The lowest BCUT2D eigenvalue weighted by Gasteiger charge is -2.02. The van der Waals surface area contributed by atoms with Crippen LogP contribution in [0.15, 0.2) is 29.3 Å². The highest BCUT2D eigenvalue weighted by atomic mass is 32.1. The summed E-state index contributed by atoms with van der Waals surface area (Å²) in [6.07, 6.45) is 3.50. The Morgan fingerprint density at radius 3 is 3.00 bits per heavy atom. The van der Waals surface area contributed by atoms with Crippen LogP contribution in [0.25, 0.3) is 11.3 Å². The molecule has 1 heterocycles. The Labute approximate surface area is 123 Å². The topological polar surface area (TPSA) is 25.2 Å². The van der Waals surface area contributed by atoms with Crippen LogP contribution < -0.4 is 0 Å². The lowest BCUT2D eigenvalue weighted by Crippen LogP contribution is -1.86. The Balaban J connectivity index is 2.40. The van der Waals surface area contributed by atoms with Crippen LogP contribution in [0.1, 0.15) is 29.7 Å². The van der Waals surface area contributed by atoms with Gasteiger partial charge < -0.3 is 0 Å². The molecule has 2 rings (SSSR count). The lowest BCUT2D eigenvalue weighted by molar-refractivity contribution is 0.804. The fraction of sp³-hybridized carbons (Fsp3) is 0.333. The van der Waals surface area contributed by atoms with Crippen molar-refractivity contribution >= 4 is 34.4 Å². The summed E-state index contributed by atoms with van der Waals surface area (Å²) in [5, 5.41) is 3.52. The van der Waals surface area contributed by atoms with Crippen molar-refractivity contribution in [2.24, 2.45) is 4.99 Å². The number of rotatable bonds is 5. The molecule has 1 aromatic carbocycles. The second-order valence-electron chi connectivity index (χ2n) is 4.36. The van der Waals surface area contributed by atoms with Crippen molar-refractivity contribution in [1.29, 1.82) is 0 Å². The number of unbranched alkanes of at least 4 members (excludes halogenated alkanes) is 1. The first-order valence-electron chi connectivity index (χ1n) is 6.39. The Morgan fingerprint density at radius 2 is 2.26 bits per heavy atom. The van der Waals surface area contributed by atoms with E-state index in [1.165, 1.54) is 17.7 Å². The van der Waals surface area contributed by atoms with E-state index in [-0.39, 0.29) is 0 Å². The number of aliphatic imine (C=N–C) groups is 1. The molecule has 1 aromatic heterocycles. The first-order chi connectivity index (χ1) is 9.24. The molecule has 0 unspecified atom stereocenters. The van der Waals surface area contributed by atoms with Crippen molar-refractivity contribution in [1.82, 2.24) is 4.98 Å². The molecule has 98 valence electrons. The first kappa shape index (κ1) is 14.1. The number of benzene rings is 1. The number of isothiocyanates is 1. The van der Waals surface area contributed by atoms with Gasteiger partial charge in [0.25, 0.3) is 0 Å². The van der Waals surface area contributed by atoms with Crippen molar-refractivity contribution in [2.45, 2.75) is 33.1 Å². The minimum atomic E-state index is 0.833. The van der Waals surface area contributed by atoms with Crippen molar-refractivity contribution in [3.05, 3.63) is 34.2 Å². The standard InChI is InChI=1S/C15H16N2S2/c1-3-4-8-14-15(17-11(2)19-14)12-6-5-7-13(9-12)16-10-18/h5-7,9H,3-4,8H2,1-2H3. The minimum absolute atomic E-state index is 0.833. The molecule has 2 aromatic rings. The van der Waals surface area contributed by atoms with Gasteiger partial charge in [-0.2, -0.15) is 4.99 Å². The zero-order chi connectivity index (χ0) is 13.7. The molecule has 0 atom stereocenters. The first-order valence-corrected chi connectivity index (χ1v) is 7.61. The molecule has 0 aliphatic rings. The Hall–Kier alpha value is -1.35. The number of thiazole rings is 1. The zero-order valence-electron chi connectivity index (χ0n) is 11.1. The summed E-state index contributed by atoms with van der Waals surface area (Å²) in [6, 6.07) is 8.00. The molecule has 0 saturated heterocycles. The van der Waals surface area contributed by atoms with Gasteiger partial charge in [0.05, 0.1) is 21.6 Å². The number of thiocarbonyl (C=S) groups is 1. The van der Waals surface area contributed by atoms with Crippen LogP contribution in [0.3, 0.4) is 0 Å². The Bertz CT molecular complexity index is 610. The fourth-order valence-corrected chi connectivity index (χ4v) is 3.08. The molecule has 0 radical (unpaired) electrons. The molecule has 0 aliphatic heterocycles. The summed E-state index contributed by atoms with van der Waals surface area (Å²) >= 11 is 6.44. The molecule has 0 bridgehead atoms. The van der Waals surface area contributed by atoms with Crippen LogP contribution in [0, 0.1) is 6.92 Å². The van der Waals surface area contributed by atoms with E-state index in [4.69, 9.17) is 0 Å². The largest absolute Gasteiger partial charge is 0.241 e. The predicted molar refractivity (Wildman–Crippen MR) is 85.6 cm³/mol. The van der Waals surface area contributed by atoms with Crippen molar-refractivity contribution in [3.63, 3.8) is 0 Å². The van der Waals surface area contributed by atoms with E-state index in [0.717, 1.165) is 28.4 Å². The van der Waals surface area contributed by atoms with Crippen LogP contribution in [0.2, 0.25) is 0 Å². The van der Waals surface area contributed by atoms with Gasteiger partial charge in [-0.1, -0.05) is 25.5 Å². The van der Waals surface area contributed by atoms with Crippen LogP contribution in [-0.2, 0) is 6.42 Å². The highest BCUT2D eigenvalue weighted by Crippen LogP contribution is 2.31. The Morgan fingerprint density at radius 1 is 1.42 bits per heavy atom. The van der Waals surface area contributed by atoms with Crippen molar-refractivity contribution in [2.75, 3.05) is 0 Å². The van der Waals surface area contributed by atoms with Gasteiger partial charge in [0.15, 0.2) is 0 Å². The molecule has 4 heteroatoms. The molecule has 2 nitrogen and oxygen atoms in total. The average Bonchev–Trinajstić information content (AvgIpc) is 2.78. The van der Waals surface area contributed by atoms with E-state index in [9.17, 15) is 0 Å². The molecule has 0 fully saturated rings. The summed E-state index contributed by atoms with van der Waals surface area (Å²) < 4.78 is 0. The van der Waals surface area contributed by atoms with E-state index in [0.29, 0.717) is 0 Å². The number of hydrogen-bond acceptors (Lipinski definition) is 4. The number of aromatic nitrogens is 1. The SMILES string of the molecule is CCCCc1sc(C)nc1-c1cccc(N=C=S)c1. The van der Waals surface area contributed by atoms with Gasteiger partial charge in [0.2, 0.25) is 0 Å². The maximum absolute atomic E-state index is 4.67. The number of nitrogens with zero attached hydrogens (tertiary/aromatic N) is 2. The van der Waals surface area contributed by atoms with Crippen molar-refractivity contribution < 1.29 is 0 Å². The number of hydrogen-bond donors (Lipinski definition) is 0. The fourth-order valence-electron chi connectivity index (χ4n) is 1.98. The predicted octanol–water partition coefficient (Wildman–Crippen LogP) is 5.20. The van der Waals surface area contributed by atoms with Gasteiger partial charge >= 0.3 is 0 Å². The molecule has 0 N–H and O–H groups in total. The second-order valence-corrected chi connectivity index (χ2v) is 5.83. The van der Waals surface area contributed by atoms with Crippen LogP contribution in [0.5, 0.6) is 0 Å². The van der Waals surface area contributed by atoms with E-state index in [1.54, 1.807) is 11.3 Å². The second kappa shape index (κ2) is 6.71. The average molecular weight is 288 g/mol.